The zero-order chi connectivity index (χ0) is 15.2. The molecule has 2 rings (SSSR count). The number of furan rings is 1. The highest BCUT2D eigenvalue weighted by molar-refractivity contribution is 6.01. The SMILES string of the molecule is O=C(CNC(=O)c1ccco1)Nc1ncccc1C(=O)O. The first-order valence-electron chi connectivity index (χ1n) is 5.88. The number of hydrogen-bond donors (Lipinski definition) is 3. The van der Waals surface area contributed by atoms with Gasteiger partial charge in [-0.2, -0.15) is 0 Å². The summed E-state index contributed by atoms with van der Waals surface area (Å²) in [6, 6.07) is 5.75. The van der Waals surface area contributed by atoms with Crippen LogP contribution in [0, 0.1) is 0 Å². The number of rotatable bonds is 5. The van der Waals surface area contributed by atoms with Gasteiger partial charge in [-0.15, -0.1) is 0 Å². The summed E-state index contributed by atoms with van der Waals surface area (Å²) in [5, 5.41) is 13.6. The minimum atomic E-state index is -1.21. The van der Waals surface area contributed by atoms with Crippen molar-refractivity contribution >= 4 is 23.6 Å². The lowest BCUT2D eigenvalue weighted by Crippen LogP contribution is -2.33. The topological polar surface area (TPSA) is 122 Å². The average molecular weight is 289 g/mol. The Morgan fingerprint density at radius 1 is 1.24 bits per heavy atom. The van der Waals surface area contributed by atoms with Gasteiger partial charge in [-0.05, 0) is 24.3 Å². The molecule has 2 aromatic heterocycles. The van der Waals surface area contributed by atoms with Crippen LogP contribution in [0.15, 0.2) is 41.1 Å². The Kier molecular flexibility index (Phi) is 4.30. The smallest absolute Gasteiger partial charge is 0.339 e. The van der Waals surface area contributed by atoms with E-state index in [2.05, 4.69) is 15.6 Å². The molecule has 3 N–H and O–H groups in total. The second kappa shape index (κ2) is 6.33. The third kappa shape index (κ3) is 3.66. The molecular formula is C13H11N3O5. The van der Waals surface area contributed by atoms with Gasteiger partial charge in [0, 0.05) is 6.20 Å². The predicted molar refractivity (Wildman–Crippen MR) is 70.9 cm³/mol. The lowest BCUT2D eigenvalue weighted by molar-refractivity contribution is -0.115. The molecule has 0 saturated carbocycles. The number of anilines is 1. The molecule has 0 saturated heterocycles. The largest absolute Gasteiger partial charge is 0.478 e. The van der Waals surface area contributed by atoms with E-state index in [1.54, 1.807) is 6.07 Å². The van der Waals surface area contributed by atoms with Crippen molar-refractivity contribution < 1.29 is 23.9 Å². The van der Waals surface area contributed by atoms with Crippen LogP contribution in [0.3, 0.4) is 0 Å². The summed E-state index contributed by atoms with van der Waals surface area (Å²) in [5.41, 5.74) is -0.136. The number of pyridine rings is 1. The van der Waals surface area contributed by atoms with E-state index in [4.69, 9.17) is 9.52 Å². The van der Waals surface area contributed by atoms with Crippen LogP contribution in [-0.2, 0) is 4.79 Å². The fraction of sp³-hybridized carbons (Fsp3) is 0.0769. The molecule has 0 aromatic carbocycles. The van der Waals surface area contributed by atoms with E-state index in [0.29, 0.717) is 0 Å². The summed E-state index contributed by atoms with van der Waals surface area (Å²) >= 11 is 0. The van der Waals surface area contributed by atoms with Crippen molar-refractivity contribution in [3.05, 3.63) is 48.0 Å². The molecule has 8 nitrogen and oxygen atoms in total. The van der Waals surface area contributed by atoms with Gasteiger partial charge in [0.05, 0.1) is 12.8 Å². The van der Waals surface area contributed by atoms with Gasteiger partial charge in [0.2, 0.25) is 5.91 Å². The van der Waals surface area contributed by atoms with Crippen LogP contribution < -0.4 is 10.6 Å². The van der Waals surface area contributed by atoms with Crippen LogP contribution in [0.4, 0.5) is 5.82 Å². The Bertz CT molecular complexity index is 666. The molecule has 0 unspecified atom stereocenters. The standard InChI is InChI=1S/C13H11N3O5/c17-10(7-15-12(18)9-4-2-6-21-9)16-11-8(13(19)20)3-1-5-14-11/h1-6H,7H2,(H,15,18)(H,19,20)(H,14,16,17). The normalized spacial score (nSPS) is 9.90. The fourth-order valence-electron chi connectivity index (χ4n) is 1.51. The minimum Gasteiger partial charge on any atom is -0.478 e. The van der Waals surface area contributed by atoms with Crippen molar-refractivity contribution in [2.45, 2.75) is 0 Å². The lowest BCUT2D eigenvalue weighted by Gasteiger charge is -2.07. The fourth-order valence-corrected chi connectivity index (χ4v) is 1.51. The third-order valence-electron chi connectivity index (χ3n) is 2.45. The molecule has 2 heterocycles. The molecule has 0 aliphatic carbocycles. The van der Waals surface area contributed by atoms with E-state index in [1.807, 2.05) is 0 Å². The lowest BCUT2D eigenvalue weighted by atomic mass is 10.2. The number of carbonyl (C=O) groups excluding carboxylic acids is 2. The number of carbonyl (C=O) groups is 3. The van der Waals surface area contributed by atoms with Crippen LogP contribution in [0.2, 0.25) is 0 Å². The maximum atomic E-state index is 11.7. The predicted octanol–water partition coefficient (Wildman–Crippen LogP) is 0.741. The highest BCUT2D eigenvalue weighted by Crippen LogP contribution is 2.10. The van der Waals surface area contributed by atoms with Gasteiger partial charge < -0.3 is 20.2 Å². The zero-order valence-electron chi connectivity index (χ0n) is 10.7. The van der Waals surface area contributed by atoms with Gasteiger partial charge in [0.15, 0.2) is 5.76 Å². The summed E-state index contributed by atoms with van der Waals surface area (Å²) in [4.78, 5) is 37.9. The van der Waals surface area contributed by atoms with Crippen LogP contribution in [0.1, 0.15) is 20.9 Å². The van der Waals surface area contributed by atoms with Gasteiger partial charge in [-0.1, -0.05) is 0 Å². The van der Waals surface area contributed by atoms with Gasteiger partial charge in [-0.3, -0.25) is 9.59 Å². The van der Waals surface area contributed by atoms with Gasteiger partial charge >= 0.3 is 5.97 Å². The first-order valence-corrected chi connectivity index (χ1v) is 5.88. The van der Waals surface area contributed by atoms with Crippen molar-refractivity contribution in [1.29, 1.82) is 0 Å². The molecule has 0 atom stereocenters. The molecule has 0 aliphatic heterocycles. The number of hydrogen-bond acceptors (Lipinski definition) is 5. The summed E-state index contributed by atoms with van der Waals surface area (Å²) in [6.07, 6.45) is 2.69. The van der Waals surface area contributed by atoms with Crippen LogP contribution in [0.5, 0.6) is 0 Å². The number of carboxylic acid groups (broad SMARTS) is 1. The molecule has 0 aliphatic rings. The maximum Gasteiger partial charge on any atom is 0.339 e. The van der Waals surface area contributed by atoms with Gasteiger partial charge in [0.1, 0.15) is 11.4 Å². The third-order valence-corrected chi connectivity index (χ3v) is 2.45. The quantitative estimate of drug-likeness (QED) is 0.746. The average Bonchev–Trinajstić information content (AvgIpc) is 2.99. The van der Waals surface area contributed by atoms with E-state index in [1.165, 1.54) is 30.7 Å². The van der Waals surface area contributed by atoms with Crippen molar-refractivity contribution in [2.75, 3.05) is 11.9 Å². The molecular weight excluding hydrogens is 278 g/mol. The molecule has 0 radical (unpaired) electrons. The minimum absolute atomic E-state index is 0.0758. The van der Waals surface area contributed by atoms with Crippen molar-refractivity contribution in [2.24, 2.45) is 0 Å². The molecule has 8 heteroatoms. The number of carboxylic acids is 1. The first kappa shape index (κ1) is 14.3. The van der Waals surface area contributed by atoms with Gasteiger partial charge in [0.25, 0.3) is 5.91 Å². The van der Waals surface area contributed by atoms with E-state index in [-0.39, 0.29) is 23.7 Å². The monoisotopic (exact) mass is 289 g/mol. The first-order chi connectivity index (χ1) is 10.1. The second-order valence-electron chi connectivity index (χ2n) is 3.91. The second-order valence-corrected chi connectivity index (χ2v) is 3.91. The zero-order valence-corrected chi connectivity index (χ0v) is 10.7. The molecule has 21 heavy (non-hydrogen) atoms. The van der Waals surface area contributed by atoms with Gasteiger partial charge in [-0.25, -0.2) is 9.78 Å². The van der Waals surface area contributed by atoms with Crippen LogP contribution >= 0.6 is 0 Å². The van der Waals surface area contributed by atoms with Crippen LogP contribution in [-0.4, -0.2) is 34.4 Å². The molecule has 0 fully saturated rings. The Labute approximate surface area is 118 Å². The van der Waals surface area contributed by atoms with Crippen molar-refractivity contribution in [3.63, 3.8) is 0 Å². The van der Waals surface area contributed by atoms with Crippen molar-refractivity contribution in [1.82, 2.24) is 10.3 Å². The summed E-state index contributed by atoms with van der Waals surface area (Å²) < 4.78 is 4.86. The number of nitrogens with one attached hydrogen (secondary N) is 2. The van der Waals surface area contributed by atoms with E-state index in [9.17, 15) is 14.4 Å². The molecule has 108 valence electrons. The molecule has 0 spiro atoms. The maximum absolute atomic E-state index is 11.7. The van der Waals surface area contributed by atoms with E-state index < -0.39 is 17.8 Å². The highest BCUT2D eigenvalue weighted by Gasteiger charge is 2.14. The Balaban J connectivity index is 1.93. The number of amides is 2. The molecule has 2 aromatic rings. The number of nitrogens with zero attached hydrogens (tertiary/aromatic N) is 1. The summed E-state index contributed by atoms with van der Waals surface area (Å²) in [7, 11) is 0. The highest BCUT2D eigenvalue weighted by atomic mass is 16.4. The molecule has 0 bridgehead atoms. The Hall–Kier alpha value is -3.16. The van der Waals surface area contributed by atoms with E-state index in [0.717, 1.165) is 0 Å². The Morgan fingerprint density at radius 2 is 2.05 bits per heavy atom. The molecule has 2 amide bonds. The Morgan fingerprint density at radius 3 is 2.71 bits per heavy atom. The van der Waals surface area contributed by atoms with E-state index >= 15 is 0 Å². The van der Waals surface area contributed by atoms with Crippen molar-refractivity contribution in [3.8, 4) is 0 Å². The summed E-state index contributed by atoms with van der Waals surface area (Å²) in [6.45, 7) is -0.338. The number of aromatic carboxylic acids is 1. The number of aromatic nitrogens is 1. The van der Waals surface area contributed by atoms with Crippen LogP contribution in [0.25, 0.3) is 0 Å². The summed E-state index contributed by atoms with van der Waals surface area (Å²) in [5.74, 6) is -2.36.